The summed E-state index contributed by atoms with van der Waals surface area (Å²) in [5.41, 5.74) is 0. The SMILES string of the molecule is C[C@H]1CCCCN1CC[C@@H]1CCCNC1. The molecule has 0 aromatic carbocycles. The summed E-state index contributed by atoms with van der Waals surface area (Å²) in [6.07, 6.45) is 8.55. The lowest BCUT2D eigenvalue weighted by Crippen LogP contribution is -2.40. The number of rotatable bonds is 3. The maximum atomic E-state index is 3.52. The number of hydrogen-bond donors (Lipinski definition) is 1. The molecule has 0 unspecified atom stereocenters. The van der Waals surface area contributed by atoms with Crippen LogP contribution in [-0.2, 0) is 0 Å². The first-order valence-corrected chi connectivity index (χ1v) is 6.81. The standard InChI is InChI=1S/C13H26N2/c1-12-5-2-3-9-15(12)10-7-13-6-4-8-14-11-13/h12-14H,2-11H2,1H3/t12-,13-/m0/s1. The average Bonchev–Trinajstić information content (AvgIpc) is 2.29. The fraction of sp³-hybridized carbons (Fsp3) is 1.00. The Balaban J connectivity index is 1.67. The lowest BCUT2D eigenvalue weighted by Gasteiger charge is -2.35. The zero-order valence-electron chi connectivity index (χ0n) is 10.2. The van der Waals surface area contributed by atoms with Crippen molar-refractivity contribution in [2.24, 2.45) is 5.92 Å². The molecule has 0 spiro atoms. The van der Waals surface area contributed by atoms with Gasteiger partial charge in [-0.15, -0.1) is 0 Å². The molecular formula is C13H26N2. The van der Waals surface area contributed by atoms with Crippen molar-refractivity contribution in [3.63, 3.8) is 0 Å². The summed E-state index contributed by atoms with van der Waals surface area (Å²) in [4.78, 5) is 2.71. The Kier molecular flexibility index (Phi) is 4.45. The summed E-state index contributed by atoms with van der Waals surface area (Å²) < 4.78 is 0. The lowest BCUT2D eigenvalue weighted by molar-refractivity contribution is 0.146. The molecule has 0 aromatic heterocycles. The second kappa shape index (κ2) is 5.86. The van der Waals surface area contributed by atoms with Gasteiger partial charge in [-0.3, -0.25) is 0 Å². The van der Waals surface area contributed by atoms with Crippen LogP contribution in [0.25, 0.3) is 0 Å². The van der Waals surface area contributed by atoms with Gasteiger partial charge < -0.3 is 10.2 Å². The van der Waals surface area contributed by atoms with Gasteiger partial charge in [0.2, 0.25) is 0 Å². The minimum Gasteiger partial charge on any atom is -0.316 e. The molecule has 0 bridgehead atoms. The Labute approximate surface area is 94.4 Å². The third-order valence-electron chi connectivity index (χ3n) is 4.16. The van der Waals surface area contributed by atoms with Crippen LogP contribution in [-0.4, -0.2) is 37.1 Å². The quantitative estimate of drug-likeness (QED) is 0.768. The monoisotopic (exact) mass is 210 g/mol. The third kappa shape index (κ3) is 3.46. The van der Waals surface area contributed by atoms with Gasteiger partial charge >= 0.3 is 0 Å². The normalized spacial score (nSPS) is 34.2. The molecule has 2 nitrogen and oxygen atoms in total. The highest BCUT2D eigenvalue weighted by Gasteiger charge is 2.20. The van der Waals surface area contributed by atoms with Crippen LogP contribution >= 0.6 is 0 Å². The Morgan fingerprint density at radius 3 is 2.87 bits per heavy atom. The van der Waals surface area contributed by atoms with Crippen molar-refractivity contribution >= 4 is 0 Å². The largest absolute Gasteiger partial charge is 0.316 e. The molecule has 2 saturated heterocycles. The van der Waals surface area contributed by atoms with Crippen molar-refractivity contribution in [3.05, 3.63) is 0 Å². The van der Waals surface area contributed by atoms with Gasteiger partial charge in [-0.05, 0) is 71.1 Å². The first-order valence-electron chi connectivity index (χ1n) is 6.81. The van der Waals surface area contributed by atoms with Crippen molar-refractivity contribution in [1.82, 2.24) is 10.2 Å². The van der Waals surface area contributed by atoms with Crippen LogP contribution in [0, 0.1) is 5.92 Å². The van der Waals surface area contributed by atoms with Gasteiger partial charge in [-0.25, -0.2) is 0 Å². The molecule has 0 aromatic rings. The van der Waals surface area contributed by atoms with E-state index in [9.17, 15) is 0 Å². The fourth-order valence-corrected chi connectivity index (χ4v) is 3.01. The molecule has 0 radical (unpaired) electrons. The molecule has 15 heavy (non-hydrogen) atoms. The Hall–Kier alpha value is -0.0800. The summed E-state index contributed by atoms with van der Waals surface area (Å²) in [6.45, 7) is 7.60. The van der Waals surface area contributed by atoms with E-state index in [2.05, 4.69) is 17.1 Å². The van der Waals surface area contributed by atoms with Gasteiger partial charge in [-0.1, -0.05) is 6.42 Å². The van der Waals surface area contributed by atoms with Crippen LogP contribution in [0.3, 0.4) is 0 Å². The van der Waals surface area contributed by atoms with Crippen molar-refractivity contribution in [1.29, 1.82) is 0 Å². The molecule has 0 saturated carbocycles. The lowest BCUT2D eigenvalue weighted by atomic mass is 9.95. The first kappa shape index (κ1) is 11.4. The maximum absolute atomic E-state index is 3.52. The minimum absolute atomic E-state index is 0.843. The van der Waals surface area contributed by atoms with Crippen LogP contribution in [0.5, 0.6) is 0 Å². The van der Waals surface area contributed by atoms with Crippen LogP contribution in [0.2, 0.25) is 0 Å². The molecule has 0 amide bonds. The fourth-order valence-electron chi connectivity index (χ4n) is 3.01. The van der Waals surface area contributed by atoms with Gasteiger partial charge in [0.25, 0.3) is 0 Å². The van der Waals surface area contributed by atoms with Crippen LogP contribution in [0.1, 0.15) is 45.4 Å². The number of likely N-dealkylation sites (tertiary alicyclic amines) is 1. The molecule has 0 aliphatic carbocycles. The third-order valence-corrected chi connectivity index (χ3v) is 4.16. The van der Waals surface area contributed by atoms with Gasteiger partial charge in [0.05, 0.1) is 0 Å². The predicted octanol–water partition coefficient (Wildman–Crippen LogP) is 2.25. The summed E-state index contributed by atoms with van der Waals surface area (Å²) in [7, 11) is 0. The Morgan fingerprint density at radius 1 is 1.20 bits per heavy atom. The molecule has 2 aliphatic heterocycles. The van der Waals surface area contributed by atoms with Crippen molar-refractivity contribution < 1.29 is 0 Å². The van der Waals surface area contributed by atoms with E-state index in [0.717, 1.165) is 12.0 Å². The van der Waals surface area contributed by atoms with Gasteiger partial charge in [0.1, 0.15) is 0 Å². The molecule has 2 rings (SSSR count). The number of hydrogen-bond acceptors (Lipinski definition) is 2. The molecule has 1 N–H and O–H groups in total. The van der Waals surface area contributed by atoms with Crippen LogP contribution in [0.4, 0.5) is 0 Å². The number of nitrogens with zero attached hydrogens (tertiary/aromatic N) is 1. The topological polar surface area (TPSA) is 15.3 Å². The highest BCUT2D eigenvalue weighted by atomic mass is 15.2. The summed E-state index contributed by atoms with van der Waals surface area (Å²) in [5, 5.41) is 3.52. The average molecular weight is 210 g/mol. The minimum atomic E-state index is 0.843. The molecular weight excluding hydrogens is 184 g/mol. The highest BCUT2D eigenvalue weighted by molar-refractivity contribution is 4.76. The Morgan fingerprint density at radius 2 is 2.13 bits per heavy atom. The van der Waals surface area contributed by atoms with E-state index in [0.29, 0.717) is 0 Å². The van der Waals surface area contributed by atoms with E-state index in [1.807, 2.05) is 0 Å². The van der Waals surface area contributed by atoms with Crippen molar-refractivity contribution in [3.8, 4) is 0 Å². The van der Waals surface area contributed by atoms with Gasteiger partial charge in [0, 0.05) is 6.04 Å². The van der Waals surface area contributed by atoms with Gasteiger partial charge in [0.15, 0.2) is 0 Å². The highest BCUT2D eigenvalue weighted by Crippen LogP contribution is 2.20. The van der Waals surface area contributed by atoms with E-state index in [1.165, 1.54) is 64.7 Å². The van der Waals surface area contributed by atoms with E-state index >= 15 is 0 Å². The molecule has 2 fully saturated rings. The predicted molar refractivity (Wildman–Crippen MR) is 65.1 cm³/mol. The van der Waals surface area contributed by atoms with Gasteiger partial charge in [-0.2, -0.15) is 0 Å². The van der Waals surface area contributed by atoms with Crippen molar-refractivity contribution in [2.75, 3.05) is 26.2 Å². The van der Waals surface area contributed by atoms with E-state index < -0.39 is 0 Å². The Bertz CT molecular complexity index is 175. The molecule has 2 heteroatoms. The van der Waals surface area contributed by atoms with Crippen LogP contribution in [0.15, 0.2) is 0 Å². The molecule has 2 aliphatic rings. The molecule has 2 atom stereocenters. The first-order chi connectivity index (χ1) is 7.36. The van der Waals surface area contributed by atoms with E-state index in [-0.39, 0.29) is 0 Å². The maximum Gasteiger partial charge on any atom is 0.00669 e. The second-order valence-corrected chi connectivity index (χ2v) is 5.38. The van der Waals surface area contributed by atoms with E-state index in [4.69, 9.17) is 0 Å². The van der Waals surface area contributed by atoms with E-state index in [1.54, 1.807) is 0 Å². The smallest absolute Gasteiger partial charge is 0.00669 e. The second-order valence-electron chi connectivity index (χ2n) is 5.38. The zero-order chi connectivity index (χ0) is 10.5. The molecule has 88 valence electrons. The number of nitrogens with one attached hydrogen (secondary N) is 1. The molecule has 2 heterocycles. The van der Waals surface area contributed by atoms with Crippen molar-refractivity contribution in [2.45, 2.75) is 51.5 Å². The summed E-state index contributed by atoms with van der Waals surface area (Å²) in [5.74, 6) is 0.952. The number of piperidine rings is 2. The van der Waals surface area contributed by atoms with Crippen LogP contribution < -0.4 is 5.32 Å². The summed E-state index contributed by atoms with van der Waals surface area (Å²) in [6, 6.07) is 0.843. The summed E-state index contributed by atoms with van der Waals surface area (Å²) >= 11 is 0. The zero-order valence-corrected chi connectivity index (χ0v) is 10.2.